The van der Waals surface area contributed by atoms with E-state index in [1.54, 1.807) is 0 Å². The monoisotopic (exact) mass is 285 g/mol. The summed E-state index contributed by atoms with van der Waals surface area (Å²) < 4.78 is 6.01. The van der Waals surface area contributed by atoms with E-state index >= 15 is 0 Å². The molecule has 0 aromatic heterocycles. The Kier molecular flexibility index (Phi) is 4.34. The Balaban J connectivity index is 2.49. The van der Waals surface area contributed by atoms with Crippen LogP contribution in [0.2, 0.25) is 18.1 Å². The van der Waals surface area contributed by atoms with E-state index in [1.807, 2.05) is 0 Å². The minimum absolute atomic E-state index is 0.0920. The zero-order valence-corrected chi connectivity index (χ0v) is 13.3. The lowest BCUT2D eigenvalue weighted by molar-refractivity contribution is -0.140. The third-order valence-corrected chi connectivity index (χ3v) is 8.94. The molecule has 0 aliphatic heterocycles. The lowest BCUT2D eigenvalue weighted by Gasteiger charge is -2.36. The predicted octanol–water partition coefficient (Wildman–Crippen LogP) is 3.55. The van der Waals surface area contributed by atoms with Crippen molar-refractivity contribution in [3.05, 3.63) is 10.4 Å². The van der Waals surface area contributed by atoms with Crippen LogP contribution in [-0.4, -0.2) is 31.5 Å². The van der Waals surface area contributed by atoms with E-state index < -0.39 is 19.8 Å². The molecule has 19 heavy (non-hydrogen) atoms. The van der Waals surface area contributed by atoms with Gasteiger partial charge in [-0.3, -0.25) is 4.79 Å². The predicted molar refractivity (Wildman–Crippen MR) is 75.4 cm³/mol. The van der Waals surface area contributed by atoms with Gasteiger partial charge >= 0.3 is 5.97 Å². The molecule has 7 heteroatoms. The molecule has 1 aliphatic rings. The molecule has 108 valence electrons. The van der Waals surface area contributed by atoms with Crippen LogP contribution in [0.1, 0.15) is 33.6 Å². The highest BCUT2D eigenvalue weighted by molar-refractivity contribution is 6.74. The first kappa shape index (κ1) is 16.0. The Morgan fingerprint density at radius 3 is 2.58 bits per heavy atom. The van der Waals surface area contributed by atoms with E-state index in [9.17, 15) is 4.79 Å². The van der Waals surface area contributed by atoms with Crippen molar-refractivity contribution in [3.8, 4) is 0 Å². The maximum Gasteiger partial charge on any atom is 0.315 e. The van der Waals surface area contributed by atoms with E-state index in [2.05, 4.69) is 43.9 Å². The molecule has 6 nitrogen and oxygen atoms in total. The third-order valence-electron chi connectivity index (χ3n) is 4.40. The molecule has 2 atom stereocenters. The highest BCUT2D eigenvalue weighted by Gasteiger charge is 2.60. The summed E-state index contributed by atoms with van der Waals surface area (Å²) in [6.07, 6.45) is 1.06. The average Bonchev–Trinajstić information content (AvgIpc) is 2.91. The Labute approximate surface area is 114 Å². The van der Waals surface area contributed by atoms with Crippen molar-refractivity contribution >= 4 is 14.3 Å². The summed E-state index contributed by atoms with van der Waals surface area (Å²) in [6, 6.07) is 0. The molecular weight excluding hydrogens is 262 g/mol. The van der Waals surface area contributed by atoms with Gasteiger partial charge in [0, 0.05) is 11.5 Å². The lowest BCUT2D eigenvalue weighted by atomic mass is 10.2. The minimum atomic E-state index is -1.79. The van der Waals surface area contributed by atoms with Crippen LogP contribution in [0.5, 0.6) is 0 Å². The average molecular weight is 285 g/mol. The fourth-order valence-corrected chi connectivity index (χ4v) is 2.90. The summed E-state index contributed by atoms with van der Waals surface area (Å²) in [5, 5.41) is 12.7. The first-order valence-electron chi connectivity index (χ1n) is 6.50. The molecule has 1 aliphatic carbocycles. The molecule has 0 radical (unpaired) electrons. The van der Waals surface area contributed by atoms with Crippen molar-refractivity contribution in [2.24, 2.45) is 11.0 Å². The Morgan fingerprint density at radius 1 is 1.58 bits per heavy atom. The molecule has 1 saturated carbocycles. The van der Waals surface area contributed by atoms with Crippen LogP contribution in [0.25, 0.3) is 10.4 Å². The number of nitrogens with zero attached hydrogens (tertiary/aromatic N) is 3. The van der Waals surface area contributed by atoms with Crippen molar-refractivity contribution in [1.29, 1.82) is 0 Å². The highest BCUT2D eigenvalue weighted by Crippen LogP contribution is 2.50. The van der Waals surface area contributed by atoms with Crippen LogP contribution in [-0.2, 0) is 9.22 Å². The normalized spacial score (nSPS) is 26.7. The fraction of sp³-hybridized carbons (Fsp3) is 0.917. The number of carboxylic acids is 1. The second-order valence-corrected chi connectivity index (χ2v) is 11.5. The molecule has 0 bridgehead atoms. The van der Waals surface area contributed by atoms with Crippen LogP contribution >= 0.6 is 0 Å². The summed E-state index contributed by atoms with van der Waals surface area (Å²) in [5.74, 6) is -1.12. The minimum Gasteiger partial charge on any atom is -0.481 e. The van der Waals surface area contributed by atoms with Gasteiger partial charge in [0.05, 0.1) is 0 Å². The van der Waals surface area contributed by atoms with E-state index in [0.717, 1.165) is 0 Å². The summed E-state index contributed by atoms with van der Waals surface area (Å²) in [6.45, 7) is 11.4. The molecule has 0 saturated heterocycles. The maximum absolute atomic E-state index is 11.1. The number of carbonyl (C=O) groups is 1. The smallest absolute Gasteiger partial charge is 0.315 e. The zero-order chi connectivity index (χ0) is 14.9. The summed E-state index contributed by atoms with van der Waals surface area (Å²) in [7, 11) is -1.79. The highest BCUT2D eigenvalue weighted by atomic mass is 28.4. The maximum atomic E-state index is 11.1. The molecule has 0 heterocycles. The molecule has 1 rings (SSSR count). The standard InChI is InChI=1S/C12H23N3O3Si/c1-11(2,3)19(4,5)18-7-6-9-8-12(9,10(16)17)14-15-13/h9H,6-8H2,1-5H3,(H,16,17)/t9-,12+/m1/s1. The molecule has 0 amide bonds. The van der Waals surface area contributed by atoms with Crippen LogP contribution < -0.4 is 0 Å². The molecule has 0 aromatic carbocycles. The van der Waals surface area contributed by atoms with Crippen molar-refractivity contribution in [1.82, 2.24) is 0 Å². The largest absolute Gasteiger partial charge is 0.481 e. The third kappa shape index (κ3) is 3.29. The van der Waals surface area contributed by atoms with E-state index in [1.165, 1.54) is 0 Å². The van der Waals surface area contributed by atoms with Gasteiger partial charge in [-0.2, -0.15) is 0 Å². The molecule has 0 unspecified atom stereocenters. The summed E-state index contributed by atoms with van der Waals surface area (Å²) >= 11 is 0. The number of hydrogen-bond acceptors (Lipinski definition) is 3. The van der Waals surface area contributed by atoms with Crippen LogP contribution in [0.4, 0.5) is 0 Å². The quantitative estimate of drug-likeness (QED) is 0.350. The zero-order valence-electron chi connectivity index (χ0n) is 12.3. The molecule has 0 spiro atoms. The Morgan fingerprint density at radius 2 is 2.16 bits per heavy atom. The van der Waals surface area contributed by atoms with Gasteiger partial charge in [-0.05, 0) is 42.4 Å². The number of hydrogen-bond donors (Lipinski definition) is 1. The van der Waals surface area contributed by atoms with Crippen molar-refractivity contribution < 1.29 is 14.3 Å². The number of azide groups is 1. The molecule has 1 N–H and O–H groups in total. The van der Waals surface area contributed by atoms with Gasteiger partial charge in [-0.25, -0.2) is 0 Å². The van der Waals surface area contributed by atoms with E-state index in [-0.39, 0.29) is 11.0 Å². The molecule has 1 fully saturated rings. The molecular formula is C12H23N3O3Si. The number of rotatable bonds is 6. The number of carboxylic acid groups (broad SMARTS) is 1. The van der Waals surface area contributed by atoms with Crippen molar-refractivity contribution in [3.63, 3.8) is 0 Å². The second kappa shape index (κ2) is 5.15. The SMILES string of the molecule is CC(C)(C)[Si](C)(C)OCC[C@@H]1C[C@@]1(N=[N+]=[N-])C(=O)O. The van der Waals surface area contributed by atoms with Crippen LogP contribution in [0.3, 0.4) is 0 Å². The first-order valence-corrected chi connectivity index (χ1v) is 9.41. The van der Waals surface area contributed by atoms with E-state index in [4.69, 9.17) is 15.1 Å². The first-order chi connectivity index (χ1) is 8.57. The van der Waals surface area contributed by atoms with Gasteiger partial charge in [0.15, 0.2) is 8.32 Å². The van der Waals surface area contributed by atoms with Crippen LogP contribution in [0, 0.1) is 5.92 Å². The fourth-order valence-electron chi connectivity index (χ4n) is 1.84. The van der Waals surface area contributed by atoms with Gasteiger partial charge in [0.1, 0.15) is 5.54 Å². The van der Waals surface area contributed by atoms with Gasteiger partial charge in [-0.15, -0.1) is 0 Å². The lowest BCUT2D eigenvalue weighted by Crippen LogP contribution is -2.41. The second-order valence-electron chi connectivity index (χ2n) is 6.72. The van der Waals surface area contributed by atoms with Gasteiger partial charge in [0.25, 0.3) is 0 Å². The molecule has 0 aromatic rings. The van der Waals surface area contributed by atoms with Gasteiger partial charge in [0.2, 0.25) is 0 Å². The van der Waals surface area contributed by atoms with E-state index in [0.29, 0.717) is 19.4 Å². The topological polar surface area (TPSA) is 95.3 Å². The summed E-state index contributed by atoms with van der Waals surface area (Å²) in [4.78, 5) is 13.8. The Bertz CT molecular complexity index is 409. The summed E-state index contributed by atoms with van der Waals surface area (Å²) in [5.41, 5.74) is 7.22. The number of aliphatic carboxylic acids is 1. The van der Waals surface area contributed by atoms with Gasteiger partial charge < -0.3 is 9.53 Å². The van der Waals surface area contributed by atoms with Crippen molar-refractivity contribution in [2.75, 3.05) is 6.61 Å². The Hall–Kier alpha value is -1.04. The van der Waals surface area contributed by atoms with Crippen LogP contribution in [0.15, 0.2) is 5.11 Å². The van der Waals surface area contributed by atoms with Crippen molar-refractivity contribution in [2.45, 2.75) is 57.3 Å². The van der Waals surface area contributed by atoms with Gasteiger partial charge in [-0.1, -0.05) is 25.9 Å².